The van der Waals surface area contributed by atoms with Gasteiger partial charge in [-0.15, -0.1) is 11.3 Å². The van der Waals surface area contributed by atoms with Crippen LogP contribution in [0.1, 0.15) is 48.4 Å². The van der Waals surface area contributed by atoms with Gasteiger partial charge in [-0.2, -0.15) is 11.8 Å². The molecule has 5 unspecified atom stereocenters. The molecule has 1 fully saturated rings. The van der Waals surface area contributed by atoms with Crippen LogP contribution in [-0.2, 0) is 39.8 Å². The predicted molar refractivity (Wildman–Crippen MR) is 144 cm³/mol. The smallest absolute Gasteiger partial charge is 0.305 e. The van der Waals surface area contributed by atoms with Crippen LogP contribution in [0, 0.1) is 6.92 Å². The van der Waals surface area contributed by atoms with E-state index in [2.05, 4.69) is 18.2 Å². The van der Waals surface area contributed by atoms with Crippen molar-refractivity contribution in [3.05, 3.63) is 70.3 Å². The van der Waals surface area contributed by atoms with Gasteiger partial charge in [0.25, 0.3) is 0 Å². The summed E-state index contributed by atoms with van der Waals surface area (Å²) in [6.07, 6.45) is 0.382. The van der Waals surface area contributed by atoms with Crippen LogP contribution in [-0.4, -0.2) is 47.9 Å². The number of carbonyl (C=O) groups excluding carboxylic acids is 3. The van der Waals surface area contributed by atoms with E-state index < -0.39 is 47.8 Å². The Balaban J connectivity index is 1.67. The number of thioether (sulfide) groups is 1. The van der Waals surface area contributed by atoms with Crippen molar-refractivity contribution in [2.24, 2.45) is 0 Å². The fourth-order valence-corrected chi connectivity index (χ4v) is 6.45. The van der Waals surface area contributed by atoms with Crippen LogP contribution in [0.3, 0.4) is 0 Å². The minimum Gasteiger partial charge on any atom is -0.464 e. The number of hydrogen-bond donors (Lipinski definition) is 0. The highest BCUT2D eigenvalue weighted by Gasteiger charge is 2.51. The quantitative estimate of drug-likeness (QED) is 0.263. The van der Waals surface area contributed by atoms with Gasteiger partial charge < -0.3 is 23.4 Å². The molecule has 0 aliphatic carbocycles. The van der Waals surface area contributed by atoms with Crippen LogP contribution in [0.25, 0.3) is 10.6 Å². The second-order valence-corrected chi connectivity index (χ2v) is 11.2. The van der Waals surface area contributed by atoms with Crippen molar-refractivity contribution < 1.29 is 37.7 Å². The first kappa shape index (κ1) is 27.9. The van der Waals surface area contributed by atoms with Crippen LogP contribution in [0.5, 0.6) is 0 Å². The summed E-state index contributed by atoms with van der Waals surface area (Å²) in [5.41, 5.74) is 3.06. The maximum absolute atomic E-state index is 12.0. The third-order valence-electron chi connectivity index (χ3n) is 6.15. The SMILES string of the molecule is CSC1C(c2ccc(C)c(Cc3ccc(-c4ccco4)s3)c2)OC(OC(C)=O)C(OC(C)=O)C1OC(C)=O. The minimum atomic E-state index is -1.24. The Hall–Kier alpha value is -3.08. The first-order chi connectivity index (χ1) is 18.2. The lowest BCUT2D eigenvalue weighted by Gasteiger charge is -2.44. The fourth-order valence-electron chi connectivity index (χ4n) is 4.51. The van der Waals surface area contributed by atoms with Crippen LogP contribution in [0.4, 0.5) is 0 Å². The Labute approximate surface area is 229 Å². The molecule has 4 rings (SSSR count). The number of esters is 3. The third-order valence-corrected chi connectivity index (χ3v) is 8.30. The van der Waals surface area contributed by atoms with Crippen molar-refractivity contribution >= 4 is 41.0 Å². The summed E-state index contributed by atoms with van der Waals surface area (Å²) in [5.74, 6) is -0.915. The molecule has 0 amide bonds. The molecule has 38 heavy (non-hydrogen) atoms. The average Bonchev–Trinajstić information content (AvgIpc) is 3.54. The zero-order chi connectivity index (χ0) is 27.4. The maximum atomic E-state index is 12.0. The largest absolute Gasteiger partial charge is 0.464 e. The molecular formula is C28H30O8S2. The number of carbonyl (C=O) groups is 3. The number of furan rings is 1. The van der Waals surface area contributed by atoms with E-state index in [1.807, 2.05) is 37.4 Å². The lowest BCUT2D eigenvalue weighted by Crippen LogP contribution is -2.57. The number of benzene rings is 1. The fraction of sp³-hybridized carbons (Fsp3) is 0.393. The highest BCUT2D eigenvalue weighted by Crippen LogP contribution is 2.42. The van der Waals surface area contributed by atoms with E-state index in [1.54, 1.807) is 17.6 Å². The summed E-state index contributed by atoms with van der Waals surface area (Å²) in [5, 5.41) is -0.432. The molecule has 0 N–H and O–H groups in total. The number of hydrogen-bond acceptors (Lipinski definition) is 10. The molecule has 1 aliphatic heterocycles. The van der Waals surface area contributed by atoms with E-state index in [-0.39, 0.29) is 0 Å². The van der Waals surface area contributed by atoms with E-state index in [0.717, 1.165) is 27.3 Å². The number of thiophene rings is 1. The van der Waals surface area contributed by atoms with Gasteiger partial charge in [0, 0.05) is 32.1 Å². The van der Waals surface area contributed by atoms with Crippen LogP contribution >= 0.6 is 23.1 Å². The average molecular weight is 559 g/mol. The first-order valence-corrected chi connectivity index (χ1v) is 14.2. The van der Waals surface area contributed by atoms with E-state index in [9.17, 15) is 14.4 Å². The zero-order valence-corrected chi connectivity index (χ0v) is 23.4. The number of rotatable bonds is 8. The van der Waals surface area contributed by atoms with Gasteiger partial charge in [-0.3, -0.25) is 14.4 Å². The Bertz CT molecular complexity index is 1280. The van der Waals surface area contributed by atoms with Crippen LogP contribution in [0.15, 0.2) is 53.1 Å². The molecule has 1 aromatic carbocycles. The van der Waals surface area contributed by atoms with Gasteiger partial charge in [-0.25, -0.2) is 0 Å². The van der Waals surface area contributed by atoms with Gasteiger partial charge in [-0.05, 0) is 54.1 Å². The number of ether oxygens (including phenoxy) is 4. The normalized spacial score (nSPS) is 23.0. The third kappa shape index (κ3) is 6.48. The van der Waals surface area contributed by atoms with Crippen molar-refractivity contribution in [2.45, 2.75) is 64.0 Å². The van der Waals surface area contributed by atoms with Gasteiger partial charge in [0.05, 0.1) is 16.4 Å². The topological polar surface area (TPSA) is 101 Å². The summed E-state index contributed by atoms with van der Waals surface area (Å²) in [6, 6.07) is 14.0. The van der Waals surface area contributed by atoms with Gasteiger partial charge >= 0.3 is 17.9 Å². The molecule has 0 radical (unpaired) electrons. The highest BCUT2D eigenvalue weighted by atomic mass is 32.2. The van der Waals surface area contributed by atoms with Gasteiger partial charge in [0.2, 0.25) is 12.4 Å². The molecule has 3 heterocycles. The standard InChI is InChI=1S/C28H30O8S2/c1-15-8-9-19(13-20(15)14-21-10-11-23(38-21)22-7-6-12-32-22)24-27(37-5)25(33-16(2)29)26(34-17(3)30)28(36-24)35-18(4)31/h6-13,24-28H,14H2,1-5H3. The summed E-state index contributed by atoms with van der Waals surface area (Å²) in [4.78, 5) is 38.0. The molecule has 2 aromatic heterocycles. The van der Waals surface area contributed by atoms with Crippen LogP contribution < -0.4 is 0 Å². The summed E-state index contributed by atoms with van der Waals surface area (Å²) in [7, 11) is 0. The van der Waals surface area contributed by atoms with Crippen molar-refractivity contribution in [3.8, 4) is 10.6 Å². The summed E-state index contributed by atoms with van der Waals surface area (Å²) >= 11 is 3.09. The Morgan fingerprint density at radius 2 is 1.66 bits per heavy atom. The first-order valence-electron chi connectivity index (χ1n) is 12.1. The second-order valence-electron chi connectivity index (χ2n) is 8.99. The van der Waals surface area contributed by atoms with Crippen molar-refractivity contribution in [1.82, 2.24) is 0 Å². The lowest BCUT2D eigenvalue weighted by molar-refractivity contribution is -0.266. The van der Waals surface area contributed by atoms with E-state index in [4.69, 9.17) is 23.4 Å². The molecule has 1 saturated heterocycles. The molecular weight excluding hydrogens is 528 g/mol. The molecule has 3 aromatic rings. The molecule has 10 heteroatoms. The maximum Gasteiger partial charge on any atom is 0.305 e. The van der Waals surface area contributed by atoms with Crippen molar-refractivity contribution in [2.75, 3.05) is 6.26 Å². The molecule has 0 spiro atoms. The molecule has 8 nitrogen and oxygen atoms in total. The predicted octanol–water partition coefficient (Wildman–Crippen LogP) is 5.46. The van der Waals surface area contributed by atoms with E-state index >= 15 is 0 Å². The Morgan fingerprint density at radius 1 is 0.947 bits per heavy atom. The Kier molecular flexibility index (Phi) is 8.96. The van der Waals surface area contributed by atoms with Gasteiger partial charge in [-0.1, -0.05) is 18.2 Å². The molecule has 0 saturated carbocycles. The van der Waals surface area contributed by atoms with E-state index in [0.29, 0.717) is 6.42 Å². The highest BCUT2D eigenvalue weighted by molar-refractivity contribution is 7.99. The second kappa shape index (κ2) is 12.2. The molecule has 5 atom stereocenters. The molecule has 1 aliphatic rings. The zero-order valence-electron chi connectivity index (χ0n) is 21.8. The number of aryl methyl sites for hydroxylation is 1. The molecule has 202 valence electrons. The minimum absolute atomic E-state index is 0.432. The van der Waals surface area contributed by atoms with E-state index in [1.165, 1.54) is 37.4 Å². The summed E-state index contributed by atoms with van der Waals surface area (Å²) in [6.45, 7) is 5.82. The molecule has 0 bridgehead atoms. The Morgan fingerprint density at radius 3 is 2.29 bits per heavy atom. The lowest BCUT2D eigenvalue weighted by atomic mass is 9.92. The van der Waals surface area contributed by atoms with Gasteiger partial charge in [0.1, 0.15) is 11.9 Å². The van der Waals surface area contributed by atoms with Crippen molar-refractivity contribution in [1.29, 1.82) is 0 Å². The monoisotopic (exact) mass is 558 g/mol. The van der Waals surface area contributed by atoms with Crippen molar-refractivity contribution in [3.63, 3.8) is 0 Å². The van der Waals surface area contributed by atoms with Crippen LogP contribution in [0.2, 0.25) is 0 Å². The summed E-state index contributed by atoms with van der Waals surface area (Å²) < 4.78 is 28.3. The van der Waals surface area contributed by atoms with Gasteiger partial charge in [0.15, 0.2) is 6.10 Å².